The summed E-state index contributed by atoms with van der Waals surface area (Å²) in [4.78, 5) is 23.2. The molecule has 0 aromatic heterocycles. The number of phenols is 1. The Labute approximate surface area is 162 Å². The second-order valence-corrected chi connectivity index (χ2v) is 8.83. The molecular weight excluding hydrogens is 384 g/mol. The summed E-state index contributed by atoms with van der Waals surface area (Å²) in [7, 11) is -3.76. The van der Waals surface area contributed by atoms with Gasteiger partial charge in [0.2, 0.25) is 10.0 Å². The van der Waals surface area contributed by atoms with Crippen molar-refractivity contribution in [3.8, 4) is 17.6 Å². The zero-order valence-electron chi connectivity index (χ0n) is 15.2. The molecule has 1 aromatic rings. The monoisotopic (exact) mass is 404 g/mol. The molecule has 3 rings (SSSR count). The number of nitrogen functional groups attached to an aromatic ring is 1. The molecule has 1 saturated heterocycles. The third-order valence-electron chi connectivity index (χ3n) is 4.55. The molecule has 0 radical (unpaired) electrons. The minimum absolute atomic E-state index is 0.0433. The number of carbonyl (C=O) groups is 2. The molecule has 9 nitrogen and oxygen atoms in total. The standard InChI is InChI=1S/C18H20N4O5S/c1-18(16(24)20-17(25)21-18)11-28(26,27)22-8-6-12(7-9-22)2-3-13-4-5-14(19)15(23)10-13/h4-6,10,23H,7-9,11,19H2,1H3,(H2,20,21,24,25)/t18-/m1/s1. The van der Waals surface area contributed by atoms with E-state index in [4.69, 9.17) is 5.73 Å². The van der Waals surface area contributed by atoms with Crippen LogP contribution < -0.4 is 16.4 Å². The zero-order chi connectivity index (χ0) is 20.5. The minimum atomic E-state index is -3.76. The van der Waals surface area contributed by atoms with Crippen LogP contribution in [0.25, 0.3) is 0 Å². The van der Waals surface area contributed by atoms with Crippen LogP contribution in [0.15, 0.2) is 29.8 Å². The van der Waals surface area contributed by atoms with Crippen molar-refractivity contribution in [2.45, 2.75) is 18.9 Å². The maximum Gasteiger partial charge on any atom is 0.322 e. The average molecular weight is 404 g/mol. The van der Waals surface area contributed by atoms with E-state index in [1.165, 1.54) is 17.3 Å². The van der Waals surface area contributed by atoms with Gasteiger partial charge in [-0.15, -0.1) is 0 Å². The quantitative estimate of drug-likeness (QED) is 0.240. The number of urea groups is 1. The number of hydrogen-bond acceptors (Lipinski definition) is 6. The molecule has 5 N–H and O–H groups in total. The molecule has 2 aliphatic rings. The van der Waals surface area contributed by atoms with Crippen LogP contribution in [-0.4, -0.2) is 54.1 Å². The molecule has 148 valence electrons. The fraction of sp³-hybridized carbons (Fsp3) is 0.333. The summed E-state index contributed by atoms with van der Waals surface area (Å²) in [6.45, 7) is 1.73. The zero-order valence-corrected chi connectivity index (χ0v) is 16.0. The lowest BCUT2D eigenvalue weighted by Gasteiger charge is -2.28. The molecule has 0 saturated carbocycles. The van der Waals surface area contributed by atoms with Crippen LogP contribution in [0.4, 0.5) is 10.5 Å². The van der Waals surface area contributed by atoms with Crippen LogP contribution in [0.1, 0.15) is 18.9 Å². The Morgan fingerprint density at radius 2 is 2.07 bits per heavy atom. The molecule has 1 aromatic carbocycles. The number of benzene rings is 1. The second kappa shape index (κ2) is 7.18. The topological polar surface area (TPSA) is 142 Å². The summed E-state index contributed by atoms with van der Waals surface area (Å²) in [5.41, 5.74) is 5.70. The van der Waals surface area contributed by atoms with Gasteiger partial charge in [0.1, 0.15) is 11.3 Å². The van der Waals surface area contributed by atoms with Crippen LogP contribution in [0.3, 0.4) is 0 Å². The molecule has 0 bridgehead atoms. The van der Waals surface area contributed by atoms with Gasteiger partial charge in [0.05, 0.1) is 11.4 Å². The first-order valence-corrected chi connectivity index (χ1v) is 10.1. The number of hydrogen-bond donors (Lipinski definition) is 4. The summed E-state index contributed by atoms with van der Waals surface area (Å²) in [6, 6.07) is 4.00. The molecule has 1 atom stereocenters. The van der Waals surface area contributed by atoms with E-state index >= 15 is 0 Å². The Kier molecular flexibility index (Phi) is 5.06. The van der Waals surface area contributed by atoms with Gasteiger partial charge < -0.3 is 16.2 Å². The number of sulfonamides is 1. The van der Waals surface area contributed by atoms with Crippen molar-refractivity contribution in [2.24, 2.45) is 0 Å². The van der Waals surface area contributed by atoms with Crippen molar-refractivity contribution >= 4 is 27.6 Å². The Morgan fingerprint density at radius 1 is 1.32 bits per heavy atom. The van der Waals surface area contributed by atoms with Crippen molar-refractivity contribution in [3.05, 3.63) is 35.4 Å². The van der Waals surface area contributed by atoms with E-state index in [-0.39, 0.29) is 24.5 Å². The predicted molar refractivity (Wildman–Crippen MR) is 103 cm³/mol. The largest absolute Gasteiger partial charge is 0.506 e. The fourth-order valence-corrected chi connectivity index (χ4v) is 4.71. The minimum Gasteiger partial charge on any atom is -0.506 e. The van der Waals surface area contributed by atoms with Gasteiger partial charge in [0, 0.05) is 24.2 Å². The van der Waals surface area contributed by atoms with Crippen molar-refractivity contribution < 1.29 is 23.1 Å². The van der Waals surface area contributed by atoms with Gasteiger partial charge in [-0.3, -0.25) is 10.1 Å². The van der Waals surface area contributed by atoms with E-state index in [9.17, 15) is 23.1 Å². The van der Waals surface area contributed by atoms with Gasteiger partial charge in [-0.2, -0.15) is 4.31 Å². The van der Waals surface area contributed by atoms with E-state index in [1.807, 2.05) is 0 Å². The Balaban J connectivity index is 1.67. The molecule has 28 heavy (non-hydrogen) atoms. The lowest BCUT2D eigenvalue weighted by atomic mass is 10.1. The molecule has 2 aliphatic heterocycles. The molecule has 0 aliphatic carbocycles. The molecule has 0 spiro atoms. The molecule has 0 unspecified atom stereocenters. The normalized spacial score (nSPS) is 22.7. The molecule has 3 amide bonds. The van der Waals surface area contributed by atoms with E-state index < -0.39 is 33.3 Å². The first kappa shape index (κ1) is 19.7. The smallest absolute Gasteiger partial charge is 0.322 e. The predicted octanol–water partition coefficient (Wildman–Crippen LogP) is -0.114. The highest BCUT2D eigenvalue weighted by atomic mass is 32.2. The van der Waals surface area contributed by atoms with Gasteiger partial charge in [0.25, 0.3) is 5.91 Å². The number of nitrogens with one attached hydrogen (secondary N) is 2. The molecule has 10 heteroatoms. The maximum atomic E-state index is 12.6. The van der Waals surface area contributed by atoms with Gasteiger partial charge in [-0.1, -0.05) is 17.9 Å². The average Bonchev–Trinajstić information content (AvgIpc) is 2.87. The van der Waals surface area contributed by atoms with Crippen molar-refractivity contribution in [1.29, 1.82) is 0 Å². The summed E-state index contributed by atoms with van der Waals surface area (Å²) in [6.07, 6.45) is 2.13. The second-order valence-electron chi connectivity index (χ2n) is 6.86. The Bertz CT molecular complexity index is 1040. The van der Waals surface area contributed by atoms with E-state index in [1.54, 1.807) is 18.2 Å². The van der Waals surface area contributed by atoms with Gasteiger partial charge in [-0.25, -0.2) is 13.2 Å². The number of aromatic hydroxyl groups is 1. The number of anilines is 1. The fourth-order valence-electron chi connectivity index (χ4n) is 2.93. The Hall–Kier alpha value is -3.03. The third kappa shape index (κ3) is 4.11. The number of imide groups is 1. The van der Waals surface area contributed by atoms with E-state index in [2.05, 4.69) is 22.5 Å². The lowest BCUT2D eigenvalue weighted by Crippen LogP contribution is -2.52. The van der Waals surface area contributed by atoms with E-state index in [0.29, 0.717) is 12.0 Å². The highest BCUT2D eigenvalue weighted by molar-refractivity contribution is 7.89. The number of amides is 3. The molecule has 2 heterocycles. The van der Waals surface area contributed by atoms with Crippen LogP contribution >= 0.6 is 0 Å². The first-order chi connectivity index (χ1) is 13.1. The molecular formula is C18H20N4O5S. The summed E-state index contributed by atoms with van der Waals surface area (Å²) < 4.78 is 26.5. The SMILES string of the molecule is C[C@]1(CS(=O)(=O)N2CC=C(C#Cc3ccc(N)c(O)c3)CC2)NC(=O)NC1=O. The Morgan fingerprint density at radius 3 is 2.64 bits per heavy atom. The highest BCUT2D eigenvalue weighted by Gasteiger charge is 2.46. The highest BCUT2D eigenvalue weighted by Crippen LogP contribution is 2.21. The number of rotatable bonds is 3. The summed E-state index contributed by atoms with van der Waals surface area (Å²) in [5.74, 6) is 4.66. The van der Waals surface area contributed by atoms with E-state index in [0.717, 1.165) is 5.57 Å². The van der Waals surface area contributed by atoms with Crippen LogP contribution in [-0.2, 0) is 14.8 Å². The molecule has 1 fully saturated rings. The third-order valence-corrected chi connectivity index (χ3v) is 6.61. The summed E-state index contributed by atoms with van der Waals surface area (Å²) in [5, 5.41) is 14.0. The van der Waals surface area contributed by atoms with Crippen LogP contribution in [0, 0.1) is 11.8 Å². The van der Waals surface area contributed by atoms with Crippen LogP contribution in [0.2, 0.25) is 0 Å². The lowest BCUT2D eigenvalue weighted by molar-refractivity contribution is -0.122. The van der Waals surface area contributed by atoms with Crippen molar-refractivity contribution in [3.63, 3.8) is 0 Å². The number of nitrogens with zero attached hydrogens (tertiary/aromatic N) is 1. The van der Waals surface area contributed by atoms with Gasteiger partial charge in [-0.05, 0) is 31.5 Å². The first-order valence-electron chi connectivity index (χ1n) is 8.50. The summed E-state index contributed by atoms with van der Waals surface area (Å²) >= 11 is 0. The van der Waals surface area contributed by atoms with Gasteiger partial charge in [0.15, 0.2) is 0 Å². The van der Waals surface area contributed by atoms with Crippen molar-refractivity contribution in [1.82, 2.24) is 14.9 Å². The number of carbonyl (C=O) groups excluding carboxylic acids is 2. The maximum absolute atomic E-state index is 12.6. The van der Waals surface area contributed by atoms with Gasteiger partial charge >= 0.3 is 6.03 Å². The van der Waals surface area contributed by atoms with Crippen molar-refractivity contribution in [2.75, 3.05) is 24.6 Å². The number of phenolic OH excluding ortho intramolecular Hbond substituents is 1. The number of nitrogens with two attached hydrogens (primary N) is 1. The van der Waals surface area contributed by atoms with Crippen LogP contribution in [0.5, 0.6) is 5.75 Å².